The summed E-state index contributed by atoms with van der Waals surface area (Å²) < 4.78 is 67.9. The number of alkyl halides is 5. The lowest BCUT2D eigenvalue weighted by molar-refractivity contribution is -0.270. The molecule has 0 heterocycles. The number of esters is 1. The van der Waals surface area contributed by atoms with E-state index in [-0.39, 0.29) is 6.61 Å². The van der Waals surface area contributed by atoms with Gasteiger partial charge in [0.15, 0.2) is 0 Å². The molecule has 9 heteroatoms. The van der Waals surface area contributed by atoms with Crippen molar-refractivity contribution in [3.05, 3.63) is 0 Å². The number of carbonyl (C=O) groups is 2. The Labute approximate surface area is 169 Å². The summed E-state index contributed by atoms with van der Waals surface area (Å²) in [6, 6.07) is -1.57. The Hall–Kier alpha value is -1.41. The molecule has 0 aromatic carbocycles. The molecule has 1 amide bonds. The van der Waals surface area contributed by atoms with E-state index in [1.807, 2.05) is 0 Å². The van der Waals surface area contributed by atoms with Crippen LogP contribution >= 0.6 is 0 Å². The van der Waals surface area contributed by atoms with Gasteiger partial charge in [0.05, 0.1) is 6.61 Å². The van der Waals surface area contributed by atoms with Gasteiger partial charge in [-0.05, 0) is 12.3 Å². The quantitative estimate of drug-likeness (QED) is 0.203. The molecule has 0 saturated carbocycles. The third kappa shape index (κ3) is 10.8. The molecule has 0 aromatic heterocycles. The Morgan fingerprint density at radius 3 is 1.69 bits per heavy atom. The number of halogens is 5. The van der Waals surface area contributed by atoms with Crippen molar-refractivity contribution in [3.63, 3.8) is 0 Å². The molecule has 0 aliphatic carbocycles. The summed E-state index contributed by atoms with van der Waals surface area (Å²) >= 11 is 0. The standard InChI is InChI=1S/C20H34F5NO3/c1-4-5-6-7-8-9-10-11-12-13-14-29-17(27)16(15(2)3)26-18(28)19(21,22)20(23,24)25/h15-16H,4-14H2,1-3H3,(H,26,28). The zero-order valence-corrected chi connectivity index (χ0v) is 17.5. The van der Waals surface area contributed by atoms with Crippen LogP contribution in [0.25, 0.3) is 0 Å². The maximum absolute atomic E-state index is 13.1. The first-order valence-corrected chi connectivity index (χ1v) is 10.4. The lowest BCUT2D eigenvalue weighted by Crippen LogP contribution is -2.56. The number of unbranched alkanes of at least 4 members (excludes halogenated alkanes) is 9. The van der Waals surface area contributed by atoms with Crippen LogP contribution in [-0.2, 0) is 14.3 Å². The van der Waals surface area contributed by atoms with Crippen molar-refractivity contribution in [2.45, 2.75) is 103 Å². The fourth-order valence-corrected chi connectivity index (χ4v) is 2.71. The predicted molar refractivity (Wildman–Crippen MR) is 101 cm³/mol. The van der Waals surface area contributed by atoms with Crippen molar-refractivity contribution in [1.29, 1.82) is 0 Å². The lowest BCUT2D eigenvalue weighted by atomic mass is 10.0. The monoisotopic (exact) mass is 431 g/mol. The van der Waals surface area contributed by atoms with Gasteiger partial charge < -0.3 is 10.1 Å². The largest absolute Gasteiger partial charge is 0.464 e. The molecule has 0 aliphatic heterocycles. The molecule has 1 N–H and O–H groups in total. The number of rotatable bonds is 15. The Balaban J connectivity index is 4.17. The smallest absolute Gasteiger partial charge is 0.463 e. The van der Waals surface area contributed by atoms with Crippen LogP contribution in [0.15, 0.2) is 0 Å². The molecule has 29 heavy (non-hydrogen) atoms. The Morgan fingerprint density at radius 1 is 0.828 bits per heavy atom. The Bertz CT molecular complexity index is 481. The van der Waals surface area contributed by atoms with Crippen molar-refractivity contribution >= 4 is 11.9 Å². The van der Waals surface area contributed by atoms with E-state index in [0.29, 0.717) is 6.42 Å². The fraction of sp³-hybridized carbons (Fsp3) is 0.900. The Kier molecular flexibility index (Phi) is 13.1. The van der Waals surface area contributed by atoms with E-state index in [1.165, 1.54) is 51.3 Å². The van der Waals surface area contributed by atoms with Crippen LogP contribution in [-0.4, -0.2) is 36.6 Å². The number of ether oxygens (including phenoxy) is 1. The lowest BCUT2D eigenvalue weighted by Gasteiger charge is -2.24. The van der Waals surface area contributed by atoms with Crippen molar-refractivity contribution in [2.75, 3.05) is 6.61 Å². The molecule has 1 unspecified atom stereocenters. The van der Waals surface area contributed by atoms with Gasteiger partial charge in [-0.2, -0.15) is 22.0 Å². The van der Waals surface area contributed by atoms with E-state index < -0.39 is 35.9 Å². The molecule has 0 aromatic rings. The summed E-state index contributed by atoms with van der Waals surface area (Å²) in [5, 5.41) is 1.47. The van der Waals surface area contributed by atoms with Crippen LogP contribution < -0.4 is 5.32 Å². The van der Waals surface area contributed by atoms with Gasteiger partial charge in [-0.1, -0.05) is 78.6 Å². The maximum Gasteiger partial charge on any atom is 0.463 e. The second-order valence-corrected chi connectivity index (χ2v) is 7.62. The summed E-state index contributed by atoms with van der Waals surface area (Å²) in [7, 11) is 0. The third-order valence-electron chi connectivity index (χ3n) is 4.59. The molecule has 0 radical (unpaired) electrons. The topological polar surface area (TPSA) is 55.4 Å². The highest BCUT2D eigenvalue weighted by Crippen LogP contribution is 2.35. The highest BCUT2D eigenvalue weighted by molar-refractivity contribution is 5.89. The van der Waals surface area contributed by atoms with Crippen molar-refractivity contribution in [1.82, 2.24) is 5.32 Å². The van der Waals surface area contributed by atoms with Crippen LogP contribution in [0.3, 0.4) is 0 Å². The van der Waals surface area contributed by atoms with E-state index in [4.69, 9.17) is 4.74 Å². The van der Waals surface area contributed by atoms with Gasteiger partial charge in [-0.25, -0.2) is 4.79 Å². The third-order valence-corrected chi connectivity index (χ3v) is 4.59. The highest BCUT2D eigenvalue weighted by atomic mass is 19.4. The summed E-state index contributed by atoms with van der Waals surface area (Å²) in [6.07, 6.45) is 4.75. The molecule has 4 nitrogen and oxygen atoms in total. The number of hydrogen-bond donors (Lipinski definition) is 1. The van der Waals surface area contributed by atoms with Crippen molar-refractivity contribution in [3.8, 4) is 0 Å². The molecule has 0 aliphatic rings. The minimum Gasteiger partial charge on any atom is -0.464 e. The summed E-state index contributed by atoms with van der Waals surface area (Å²) in [6.45, 7) is 5.03. The molecule has 0 fully saturated rings. The normalized spacial score (nSPS) is 13.4. The van der Waals surface area contributed by atoms with Crippen LogP contribution in [0.1, 0.15) is 85.0 Å². The average molecular weight is 431 g/mol. The van der Waals surface area contributed by atoms with Gasteiger partial charge in [-0.15, -0.1) is 0 Å². The first kappa shape index (κ1) is 27.6. The second kappa shape index (κ2) is 13.7. The Morgan fingerprint density at radius 2 is 1.28 bits per heavy atom. The molecule has 0 saturated heterocycles. The van der Waals surface area contributed by atoms with Gasteiger partial charge in [0.2, 0.25) is 0 Å². The minimum atomic E-state index is -6.03. The summed E-state index contributed by atoms with van der Waals surface area (Å²) in [5.41, 5.74) is 0. The van der Waals surface area contributed by atoms with Crippen LogP contribution in [0, 0.1) is 5.92 Å². The van der Waals surface area contributed by atoms with E-state index in [0.717, 1.165) is 25.7 Å². The van der Waals surface area contributed by atoms with Crippen molar-refractivity contribution in [2.24, 2.45) is 5.92 Å². The minimum absolute atomic E-state index is 0.0318. The van der Waals surface area contributed by atoms with Crippen LogP contribution in [0.5, 0.6) is 0 Å². The van der Waals surface area contributed by atoms with Gasteiger partial charge in [0.25, 0.3) is 0 Å². The SMILES string of the molecule is CCCCCCCCCCCCOC(=O)C(NC(=O)C(F)(F)C(F)(F)F)C(C)C. The first-order valence-electron chi connectivity index (χ1n) is 10.4. The fourth-order valence-electron chi connectivity index (χ4n) is 2.71. The molecule has 0 rings (SSSR count). The van der Waals surface area contributed by atoms with E-state index in [1.54, 1.807) is 0 Å². The zero-order chi connectivity index (χ0) is 22.5. The van der Waals surface area contributed by atoms with Crippen LogP contribution in [0.2, 0.25) is 0 Å². The molecule has 0 bridgehead atoms. The zero-order valence-electron chi connectivity index (χ0n) is 17.5. The molecular weight excluding hydrogens is 397 g/mol. The van der Waals surface area contributed by atoms with Crippen molar-refractivity contribution < 1.29 is 36.3 Å². The summed E-state index contributed by atoms with van der Waals surface area (Å²) in [5.74, 6) is -9.85. The van der Waals surface area contributed by atoms with E-state index in [2.05, 4.69) is 6.92 Å². The maximum atomic E-state index is 13.1. The average Bonchev–Trinajstić information content (AvgIpc) is 2.62. The van der Waals surface area contributed by atoms with Gasteiger partial charge in [0.1, 0.15) is 6.04 Å². The molecule has 0 spiro atoms. The summed E-state index contributed by atoms with van der Waals surface area (Å²) in [4.78, 5) is 23.3. The van der Waals surface area contributed by atoms with Gasteiger partial charge >= 0.3 is 24.0 Å². The van der Waals surface area contributed by atoms with E-state index in [9.17, 15) is 31.5 Å². The van der Waals surface area contributed by atoms with Gasteiger partial charge in [-0.3, -0.25) is 4.79 Å². The molecular formula is C20H34F5NO3. The second-order valence-electron chi connectivity index (χ2n) is 7.62. The van der Waals surface area contributed by atoms with E-state index >= 15 is 0 Å². The van der Waals surface area contributed by atoms with Gasteiger partial charge in [0, 0.05) is 0 Å². The highest BCUT2D eigenvalue weighted by Gasteiger charge is 2.63. The first-order chi connectivity index (χ1) is 13.4. The number of nitrogens with one attached hydrogen (secondary N) is 1. The van der Waals surface area contributed by atoms with Crippen LogP contribution in [0.4, 0.5) is 22.0 Å². The molecule has 1 atom stereocenters. The predicted octanol–water partition coefficient (Wildman–Crippen LogP) is 5.79. The number of carbonyl (C=O) groups excluding carboxylic acids is 2. The number of amides is 1. The number of hydrogen-bond acceptors (Lipinski definition) is 3. The molecule has 172 valence electrons.